The van der Waals surface area contributed by atoms with Gasteiger partial charge in [0.05, 0.1) is 0 Å². The molecule has 0 radical (unpaired) electrons. The van der Waals surface area contributed by atoms with Crippen molar-refractivity contribution >= 4 is 0 Å². The Morgan fingerprint density at radius 1 is 0.423 bits per heavy atom. The Labute approximate surface area is 167 Å². The standard InChI is InChI=1S/C25H53N/c1-5-7-9-11-13-15-17-19-21-23-25(26(3)4)24-22-20-18-16-14-12-10-8-6-2/h25H,5-24H2,1-4H3. The molecule has 0 aromatic carbocycles. The zero-order chi connectivity index (χ0) is 19.3. The Morgan fingerprint density at radius 2 is 0.692 bits per heavy atom. The molecule has 1 nitrogen and oxygen atoms in total. The highest BCUT2D eigenvalue weighted by Gasteiger charge is 2.10. The van der Waals surface area contributed by atoms with E-state index in [1.165, 1.54) is 128 Å². The van der Waals surface area contributed by atoms with E-state index in [1.54, 1.807) is 0 Å². The quantitative estimate of drug-likeness (QED) is 0.183. The van der Waals surface area contributed by atoms with Crippen molar-refractivity contribution in [1.29, 1.82) is 0 Å². The van der Waals surface area contributed by atoms with Crippen LogP contribution < -0.4 is 0 Å². The van der Waals surface area contributed by atoms with Gasteiger partial charge < -0.3 is 4.90 Å². The maximum Gasteiger partial charge on any atom is 0.00891 e. The highest BCUT2D eigenvalue weighted by Crippen LogP contribution is 2.17. The molecule has 0 fully saturated rings. The van der Waals surface area contributed by atoms with Gasteiger partial charge in [-0.3, -0.25) is 0 Å². The molecule has 0 N–H and O–H groups in total. The van der Waals surface area contributed by atoms with Gasteiger partial charge in [0.2, 0.25) is 0 Å². The minimum atomic E-state index is 0.823. The maximum atomic E-state index is 2.48. The molecule has 0 saturated heterocycles. The monoisotopic (exact) mass is 367 g/mol. The van der Waals surface area contributed by atoms with Crippen molar-refractivity contribution in [1.82, 2.24) is 4.90 Å². The van der Waals surface area contributed by atoms with Crippen LogP contribution in [0, 0.1) is 0 Å². The van der Waals surface area contributed by atoms with Crippen molar-refractivity contribution in [3.8, 4) is 0 Å². The molecule has 0 aromatic heterocycles. The van der Waals surface area contributed by atoms with Gasteiger partial charge >= 0.3 is 0 Å². The lowest BCUT2D eigenvalue weighted by atomic mass is 9.99. The molecule has 0 aliphatic heterocycles. The van der Waals surface area contributed by atoms with Gasteiger partial charge in [-0.1, -0.05) is 129 Å². The first-order valence-corrected chi connectivity index (χ1v) is 12.4. The predicted octanol–water partition coefficient (Wildman–Crippen LogP) is 8.76. The predicted molar refractivity (Wildman–Crippen MR) is 121 cm³/mol. The van der Waals surface area contributed by atoms with E-state index < -0.39 is 0 Å². The number of hydrogen-bond donors (Lipinski definition) is 0. The number of nitrogens with zero attached hydrogens (tertiary/aromatic N) is 1. The van der Waals surface area contributed by atoms with Crippen LogP contribution in [0.4, 0.5) is 0 Å². The van der Waals surface area contributed by atoms with Gasteiger partial charge in [0.25, 0.3) is 0 Å². The topological polar surface area (TPSA) is 3.24 Å². The third kappa shape index (κ3) is 18.7. The maximum absolute atomic E-state index is 2.48. The summed E-state index contributed by atoms with van der Waals surface area (Å²) in [4.78, 5) is 2.48. The summed E-state index contributed by atoms with van der Waals surface area (Å²) in [6.45, 7) is 4.60. The van der Waals surface area contributed by atoms with Crippen LogP contribution in [-0.4, -0.2) is 25.0 Å². The molecule has 0 heterocycles. The van der Waals surface area contributed by atoms with Crippen molar-refractivity contribution in [3.63, 3.8) is 0 Å². The Bertz CT molecular complexity index is 227. The first kappa shape index (κ1) is 26.0. The van der Waals surface area contributed by atoms with Gasteiger partial charge in [-0.2, -0.15) is 0 Å². The third-order valence-electron chi connectivity index (χ3n) is 6.01. The van der Waals surface area contributed by atoms with Crippen molar-refractivity contribution in [2.24, 2.45) is 0 Å². The summed E-state index contributed by atoms with van der Waals surface area (Å²) in [5.74, 6) is 0. The van der Waals surface area contributed by atoms with E-state index in [-0.39, 0.29) is 0 Å². The molecule has 0 unspecified atom stereocenters. The zero-order valence-corrected chi connectivity index (χ0v) is 19.2. The first-order valence-electron chi connectivity index (χ1n) is 12.4. The lowest BCUT2D eigenvalue weighted by Gasteiger charge is -2.24. The van der Waals surface area contributed by atoms with Crippen LogP contribution in [0.2, 0.25) is 0 Å². The summed E-state index contributed by atoms with van der Waals surface area (Å²) in [5, 5.41) is 0. The summed E-state index contributed by atoms with van der Waals surface area (Å²) < 4.78 is 0. The summed E-state index contributed by atoms with van der Waals surface area (Å²) in [6, 6.07) is 0.823. The molecule has 0 atom stereocenters. The molecule has 26 heavy (non-hydrogen) atoms. The molecule has 1 heteroatoms. The fourth-order valence-corrected chi connectivity index (χ4v) is 4.04. The van der Waals surface area contributed by atoms with Crippen LogP contribution in [0.5, 0.6) is 0 Å². The Morgan fingerprint density at radius 3 is 0.962 bits per heavy atom. The lowest BCUT2D eigenvalue weighted by molar-refractivity contribution is 0.251. The second-order valence-electron chi connectivity index (χ2n) is 8.85. The summed E-state index contributed by atoms with van der Waals surface area (Å²) in [6.07, 6.45) is 28.9. The van der Waals surface area contributed by atoms with Crippen molar-refractivity contribution in [2.75, 3.05) is 14.1 Å². The normalized spacial score (nSPS) is 11.8. The molecule has 0 saturated carbocycles. The van der Waals surface area contributed by atoms with Crippen LogP contribution in [0.3, 0.4) is 0 Å². The molecule has 0 aromatic rings. The SMILES string of the molecule is CCCCCCCCCCCC(CCCCCCCCCCC)N(C)C. The van der Waals surface area contributed by atoms with E-state index in [2.05, 4.69) is 32.8 Å². The summed E-state index contributed by atoms with van der Waals surface area (Å²) >= 11 is 0. The molecule has 0 spiro atoms. The molecule has 0 aliphatic carbocycles. The van der Waals surface area contributed by atoms with Crippen molar-refractivity contribution < 1.29 is 0 Å². The Kier molecular flexibility index (Phi) is 21.2. The fourth-order valence-electron chi connectivity index (χ4n) is 4.04. The molecule has 0 bridgehead atoms. The summed E-state index contributed by atoms with van der Waals surface area (Å²) in [5.41, 5.74) is 0. The Balaban J connectivity index is 3.45. The fraction of sp³-hybridized carbons (Fsp3) is 1.00. The van der Waals surface area contributed by atoms with Gasteiger partial charge in [0.1, 0.15) is 0 Å². The average molecular weight is 368 g/mol. The van der Waals surface area contributed by atoms with Crippen LogP contribution in [0.15, 0.2) is 0 Å². The molecular weight excluding hydrogens is 314 g/mol. The van der Waals surface area contributed by atoms with E-state index in [1.807, 2.05) is 0 Å². The van der Waals surface area contributed by atoms with Crippen molar-refractivity contribution in [3.05, 3.63) is 0 Å². The molecule has 0 aliphatic rings. The smallest absolute Gasteiger partial charge is 0.00891 e. The van der Waals surface area contributed by atoms with Crippen LogP contribution in [0.1, 0.15) is 142 Å². The van der Waals surface area contributed by atoms with Gasteiger partial charge in [-0.05, 0) is 26.9 Å². The minimum absolute atomic E-state index is 0.823. The van der Waals surface area contributed by atoms with E-state index >= 15 is 0 Å². The van der Waals surface area contributed by atoms with Gasteiger partial charge in [0, 0.05) is 6.04 Å². The van der Waals surface area contributed by atoms with Gasteiger partial charge in [-0.25, -0.2) is 0 Å². The lowest BCUT2D eigenvalue weighted by Crippen LogP contribution is -2.27. The second-order valence-corrected chi connectivity index (χ2v) is 8.85. The van der Waals surface area contributed by atoms with Crippen LogP contribution in [-0.2, 0) is 0 Å². The number of unbranched alkanes of at least 4 members (excludes halogenated alkanes) is 16. The third-order valence-corrected chi connectivity index (χ3v) is 6.01. The van der Waals surface area contributed by atoms with Gasteiger partial charge in [-0.15, -0.1) is 0 Å². The number of hydrogen-bond acceptors (Lipinski definition) is 1. The highest BCUT2D eigenvalue weighted by molar-refractivity contribution is 4.66. The average Bonchev–Trinajstić information content (AvgIpc) is 2.63. The largest absolute Gasteiger partial charge is 0.306 e. The Hall–Kier alpha value is -0.0400. The molecule has 158 valence electrons. The molecule has 0 rings (SSSR count). The van der Waals surface area contributed by atoms with Gasteiger partial charge in [0.15, 0.2) is 0 Å². The van der Waals surface area contributed by atoms with E-state index in [9.17, 15) is 0 Å². The molecule has 0 amide bonds. The second kappa shape index (κ2) is 21.3. The van der Waals surface area contributed by atoms with E-state index in [4.69, 9.17) is 0 Å². The van der Waals surface area contributed by atoms with E-state index in [0.29, 0.717) is 0 Å². The van der Waals surface area contributed by atoms with E-state index in [0.717, 1.165) is 6.04 Å². The minimum Gasteiger partial charge on any atom is -0.306 e. The van der Waals surface area contributed by atoms with Crippen LogP contribution >= 0.6 is 0 Å². The summed E-state index contributed by atoms with van der Waals surface area (Å²) in [7, 11) is 4.57. The highest BCUT2D eigenvalue weighted by atomic mass is 15.1. The molecular formula is C25H53N. The van der Waals surface area contributed by atoms with Crippen LogP contribution in [0.25, 0.3) is 0 Å². The van der Waals surface area contributed by atoms with Crippen molar-refractivity contribution in [2.45, 2.75) is 148 Å². The first-order chi connectivity index (χ1) is 12.7. The zero-order valence-electron chi connectivity index (χ0n) is 19.2. The number of rotatable bonds is 21.